The minimum Gasteiger partial charge on any atom is -0.459 e. The lowest BCUT2D eigenvalue weighted by Crippen LogP contribution is -2.15. The summed E-state index contributed by atoms with van der Waals surface area (Å²) in [4.78, 5) is 22.3. The van der Waals surface area contributed by atoms with Crippen molar-refractivity contribution in [1.82, 2.24) is 0 Å². The molecule has 0 saturated heterocycles. The molecule has 0 radical (unpaired) electrons. The van der Waals surface area contributed by atoms with Crippen LogP contribution >= 0.6 is 0 Å². The zero-order valence-electron chi connectivity index (χ0n) is 10.6. The van der Waals surface area contributed by atoms with E-state index in [0.717, 1.165) is 12.8 Å². The first-order chi connectivity index (χ1) is 7.99. The van der Waals surface area contributed by atoms with Gasteiger partial charge in [-0.15, -0.1) is 0 Å². The van der Waals surface area contributed by atoms with Gasteiger partial charge in [0.15, 0.2) is 0 Å². The predicted octanol–water partition coefficient (Wildman–Crippen LogP) is 2.40. The van der Waals surface area contributed by atoms with Crippen LogP contribution in [0.1, 0.15) is 33.1 Å². The predicted molar refractivity (Wildman–Crippen MR) is 65.4 cm³/mol. The molecule has 0 aromatic carbocycles. The average Bonchev–Trinajstić information content (AvgIpc) is 2.30. The number of carbonyl (C=O) groups is 2. The van der Waals surface area contributed by atoms with E-state index in [1.54, 1.807) is 6.92 Å². The van der Waals surface area contributed by atoms with Crippen LogP contribution in [0.2, 0.25) is 0 Å². The molecule has 0 heterocycles. The lowest BCUT2D eigenvalue weighted by Gasteiger charge is -2.07. The summed E-state index contributed by atoms with van der Waals surface area (Å²) in [7, 11) is 0. The second kappa shape index (κ2) is 8.56. The summed E-state index contributed by atoms with van der Waals surface area (Å²) in [5.41, 5.74) is 0.779. The van der Waals surface area contributed by atoms with Gasteiger partial charge in [0.05, 0.1) is 0 Å². The Bertz CT molecular complexity index is 305. The topological polar surface area (TPSA) is 52.6 Å². The maximum Gasteiger partial charge on any atom is 0.333 e. The maximum absolute atomic E-state index is 11.3. The van der Waals surface area contributed by atoms with Crippen LogP contribution in [0.5, 0.6) is 0 Å². The molecule has 0 atom stereocenters. The fourth-order valence-electron chi connectivity index (χ4n) is 0.986. The van der Waals surface area contributed by atoms with Crippen LogP contribution in [0.3, 0.4) is 0 Å². The number of hydrogen-bond acceptors (Lipinski definition) is 4. The van der Waals surface area contributed by atoms with Gasteiger partial charge in [-0.2, -0.15) is 0 Å². The van der Waals surface area contributed by atoms with E-state index in [0.29, 0.717) is 17.6 Å². The van der Waals surface area contributed by atoms with Crippen LogP contribution in [-0.2, 0) is 19.1 Å². The number of hydrogen-bond donors (Lipinski definition) is 0. The van der Waals surface area contributed by atoms with Gasteiger partial charge in [0.25, 0.3) is 0 Å². The van der Waals surface area contributed by atoms with Gasteiger partial charge in [0, 0.05) is 11.1 Å². The summed E-state index contributed by atoms with van der Waals surface area (Å²) in [6.07, 6.45) is 2.56. The molecule has 0 aliphatic carbocycles. The van der Waals surface area contributed by atoms with Crippen LogP contribution in [-0.4, -0.2) is 25.2 Å². The molecule has 0 amide bonds. The molecule has 0 rings (SSSR count). The number of rotatable bonds is 8. The van der Waals surface area contributed by atoms with E-state index in [-0.39, 0.29) is 13.2 Å². The Morgan fingerprint density at radius 2 is 1.59 bits per heavy atom. The molecule has 0 aliphatic rings. The van der Waals surface area contributed by atoms with E-state index >= 15 is 0 Å². The molecule has 4 nitrogen and oxygen atoms in total. The van der Waals surface area contributed by atoms with Crippen LogP contribution in [0.4, 0.5) is 0 Å². The first-order valence-corrected chi connectivity index (χ1v) is 5.66. The smallest absolute Gasteiger partial charge is 0.333 e. The first-order valence-electron chi connectivity index (χ1n) is 5.66. The standard InChI is InChI=1S/C13H20O4/c1-5-6-7-11(4)13(15)17-9-8-16-12(14)10(2)3/h2,4-9H2,1,3H3. The summed E-state index contributed by atoms with van der Waals surface area (Å²) in [5.74, 6) is -0.907. The highest BCUT2D eigenvalue weighted by Crippen LogP contribution is 2.06. The lowest BCUT2D eigenvalue weighted by atomic mass is 10.1. The van der Waals surface area contributed by atoms with Crippen molar-refractivity contribution >= 4 is 11.9 Å². The van der Waals surface area contributed by atoms with Crippen LogP contribution in [0.25, 0.3) is 0 Å². The van der Waals surface area contributed by atoms with Crippen molar-refractivity contribution in [3.8, 4) is 0 Å². The molecule has 0 spiro atoms. The zero-order valence-corrected chi connectivity index (χ0v) is 10.6. The Labute approximate surface area is 102 Å². The van der Waals surface area contributed by atoms with E-state index in [4.69, 9.17) is 9.47 Å². The van der Waals surface area contributed by atoms with Crippen molar-refractivity contribution in [1.29, 1.82) is 0 Å². The molecule has 0 aromatic rings. The number of carbonyl (C=O) groups excluding carboxylic acids is 2. The summed E-state index contributed by atoms with van der Waals surface area (Å²) in [6.45, 7) is 10.8. The summed E-state index contributed by atoms with van der Waals surface area (Å²) in [5, 5.41) is 0. The third-order valence-corrected chi connectivity index (χ3v) is 2.02. The molecule has 0 aliphatic heterocycles. The summed E-state index contributed by atoms with van der Waals surface area (Å²) >= 11 is 0. The van der Waals surface area contributed by atoms with Gasteiger partial charge in [0.2, 0.25) is 0 Å². The van der Waals surface area contributed by atoms with E-state index < -0.39 is 11.9 Å². The molecular weight excluding hydrogens is 220 g/mol. The molecule has 0 saturated carbocycles. The molecule has 0 unspecified atom stereocenters. The van der Waals surface area contributed by atoms with Gasteiger partial charge in [-0.25, -0.2) is 9.59 Å². The highest BCUT2D eigenvalue weighted by molar-refractivity contribution is 5.88. The summed E-state index contributed by atoms with van der Waals surface area (Å²) in [6, 6.07) is 0. The van der Waals surface area contributed by atoms with Crippen molar-refractivity contribution in [3.05, 3.63) is 24.3 Å². The zero-order chi connectivity index (χ0) is 13.3. The molecule has 0 N–H and O–H groups in total. The van der Waals surface area contributed by atoms with Gasteiger partial charge in [0.1, 0.15) is 13.2 Å². The van der Waals surface area contributed by atoms with Gasteiger partial charge in [-0.05, 0) is 19.8 Å². The first kappa shape index (κ1) is 15.4. The number of ether oxygens (including phenoxy) is 2. The molecule has 17 heavy (non-hydrogen) atoms. The quantitative estimate of drug-likeness (QED) is 0.371. The number of esters is 2. The lowest BCUT2D eigenvalue weighted by molar-refractivity contribution is -0.147. The van der Waals surface area contributed by atoms with Gasteiger partial charge >= 0.3 is 11.9 Å². The minimum atomic E-state index is -0.481. The van der Waals surface area contributed by atoms with Gasteiger partial charge in [-0.3, -0.25) is 0 Å². The van der Waals surface area contributed by atoms with E-state index in [9.17, 15) is 9.59 Å². The van der Waals surface area contributed by atoms with Gasteiger partial charge < -0.3 is 9.47 Å². The van der Waals surface area contributed by atoms with E-state index in [2.05, 4.69) is 13.2 Å². The normalized spacial score (nSPS) is 9.53. The molecule has 0 fully saturated rings. The minimum absolute atomic E-state index is 0.0402. The molecule has 0 aromatic heterocycles. The Hall–Kier alpha value is -1.58. The van der Waals surface area contributed by atoms with E-state index in [1.807, 2.05) is 6.92 Å². The van der Waals surface area contributed by atoms with Crippen molar-refractivity contribution in [2.75, 3.05) is 13.2 Å². The van der Waals surface area contributed by atoms with Crippen molar-refractivity contribution < 1.29 is 19.1 Å². The molecular formula is C13H20O4. The third-order valence-electron chi connectivity index (χ3n) is 2.02. The highest BCUT2D eigenvalue weighted by atomic mass is 16.6. The second-order valence-corrected chi connectivity index (χ2v) is 3.76. The molecule has 96 valence electrons. The summed E-state index contributed by atoms with van der Waals surface area (Å²) < 4.78 is 9.66. The Kier molecular flexibility index (Phi) is 7.76. The fourth-order valence-corrected chi connectivity index (χ4v) is 0.986. The third kappa shape index (κ3) is 7.33. The monoisotopic (exact) mass is 240 g/mol. The molecule has 4 heteroatoms. The van der Waals surface area contributed by atoms with Gasteiger partial charge in [-0.1, -0.05) is 26.5 Å². The highest BCUT2D eigenvalue weighted by Gasteiger charge is 2.08. The largest absolute Gasteiger partial charge is 0.459 e. The number of unbranched alkanes of at least 4 members (excludes halogenated alkanes) is 1. The van der Waals surface area contributed by atoms with E-state index in [1.165, 1.54) is 0 Å². The van der Waals surface area contributed by atoms with Crippen molar-refractivity contribution in [2.45, 2.75) is 33.1 Å². The fraction of sp³-hybridized carbons (Fsp3) is 0.538. The Morgan fingerprint density at radius 3 is 2.06 bits per heavy atom. The van der Waals surface area contributed by atoms with Crippen molar-refractivity contribution in [2.24, 2.45) is 0 Å². The average molecular weight is 240 g/mol. The maximum atomic E-state index is 11.3. The molecule has 0 bridgehead atoms. The Balaban J connectivity index is 3.68. The van der Waals surface area contributed by atoms with Crippen molar-refractivity contribution in [3.63, 3.8) is 0 Å². The second-order valence-electron chi connectivity index (χ2n) is 3.76. The SMILES string of the molecule is C=C(C)C(=O)OCCOC(=O)C(=C)CCCC. The Morgan fingerprint density at radius 1 is 1.06 bits per heavy atom. The van der Waals surface area contributed by atoms with Crippen LogP contribution in [0, 0.1) is 0 Å². The van der Waals surface area contributed by atoms with Crippen LogP contribution < -0.4 is 0 Å². The van der Waals surface area contributed by atoms with Crippen LogP contribution in [0.15, 0.2) is 24.3 Å².